The molecule has 5 nitrogen and oxygen atoms in total. The van der Waals surface area contributed by atoms with E-state index in [0.29, 0.717) is 13.0 Å². The lowest BCUT2D eigenvalue weighted by Gasteiger charge is -2.37. The number of fused-ring (bicyclic) bond motifs is 1. The van der Waals surface area contributed by atoms with Gasteiger partial charge in [0.1, 0.15) is 5.82 Å². The molecule has 0 saturated heterocycles. The fourth-order valence-corrected chi connectivity index (χ4v) is 4.26. The Morgan fingerprint density at radius 3 is 2.68 bits per heavy atom. The molecule has 1 N–H and O–H groups in total. The van der Waals surface area contributed by atoms with E-state index in [0.717, 1.165) is 16.8 Å². The van der Waals surface area contributed by atoms with Gasteiger partial charge in [0.25, 0.3) is 0 Å². The molecule has 0 fully saturated rings. The van der Waals surface area contributed by atoms with Gasteiger partial charge in [-0.1, -0.05) is 19.1 Å². The molecule has 1 aliphatic rings. The minimum atomic E-state index is -3.34. The summed E-state index contributed by atoms with van der Waals surface area (Å²) in [6.07, 6.45) is 3.54. The topological polar surface area (TPSA) is 66.1 Å². The van der Waals surface area contributed by atoms with Crippen molar-refractivity contribution in [1.82, 2.24) is 14.5 Å². The molecular weight excluding hydrogens is 305 g/mol. The van der Waals surface area contributed by atoms with Crippen LogP contribution in [0.4, 0.5) is 4.39 Å². The van der Waals surface area contributed by atoms with Crippen LogP contribution < -0.4 is 0 Å². The van der Waals surface area contributed by atoms with Gasteiger partial charge in [0.2, 0.25) is 10.0 Å². The fraction of sp³-hybridized carbons (Fsp3) is 0.400. The number of benzene rings is 1. The van der Waals surface area contributed by atoms with E-state index in [1.54, 1.807) is 18.3 Å². The molecular formula is C15H18FN3O2S. The van der Waals surface area contributed by atoms with Crippen molar-refractivity contribution in [2.75, 3.05) is 12.8 Å². The molecule has 0 radical (unpaired) electrons. The number of hydrogen-bond donors (Lipinski definition) is 1. The van der Waals surface area contributed by atoms with Crippen LogP contribution in [-0.4, -0.2) is 35.7 Å². The highest BCUT2D eigenvalue weighted by atomic mass is 32.2. The maximum absolute atomic E-state index is 13.1. The standard InChI is InChI=1S/C15H18FN3O2S/c1-10(11-3-5-12(16)6-4-11)15-13-9-17-18-14(13)7-8-19(15)22(2,20)21/h3-6,9-10,15H,7-8H2,1-2H3,(H,17,18)/t10?,15-/m1/s1. The van der Waals surface area contributed by atoms with Crippen LogP contribution in [-0.2, 0) is 16.4 Å². The number of nitrogens with one attached hydrogen (secondary N) is 1. The quantitative estimate of drug-likeness (QED) is 0.942. The lowest BCUT2D eigenvalue weighted by Crippen LogP contribution is -2.41. The summed E-state index contributed by atoms with van der Waals surface area (Å²) in [6, 6.07) is 5.87. The van der Waals surface area contributed by atoms with E-state index in [9.17, 15) is 12.8 Å². The molecule has 1 aromatic heterocycles. The predicted octanol–water partition coefficient (Wildman–Crippen LogP) is 2.21. The van der Waals surface area contributed by atoms with Crippen molar-refractivity contribution in [1.29, 1.82) is 0 Å². The summed E-state index contributed by atoms with van der Waals surface area (Å²) in [4.78, 5) is 0. The summed E-state index contributed by atoms with van der Waals surface area (Å²) in [5.74, 6) is -0.407. The van der Waals surface area contributed by atoms with Gasteiger partial charge in [-0.25, -0.2) is 12.8 Å². The first-order valence-corrected chi connectivity index (χ1v) is 8.97. The average Bonchev–Trinajstić information content (AvgIpc) is 2.93. The van der Waals surface area contributed by atoms with E-state index >= 15 is 0 Å². The molecule has 0 saturated carbocycles. The molecule has 0 bridgehead atoms. The second kappa shape index (κ2) is 5.48. The SMILES string of the molecule is CC(c1ccc(F)cc1)[C@@H]1c2cn[nH]c2CCN1S(C)(=O)=O. The molecule has 0 spiro atoms. The van der Waals surface area contributed by atoms with Gasteiger partial charge in [-0.15, -0.1) is 0 Å². The Morgan fingerprint density at radius 1 is 1.36 bits per heavy atom. The Hall–Kier alpha value is -1.73. The van der Waals surface area contributed by atoms with Crippen LogP contribution in [0.2, 0.25) is 0 Å². The van der Waals surface area contributed by atoms with E-state index in [4.69, 9.17) is 0 Å². The molecule has 2 heterocycles. The summed E-state index contributed by atoms with van der Waals surface area (Å²) < 4.78 is 38.9. The maximum atomic E-state index is 13.1. The van der Waals surface area contributed by atoms with Crippen molar-refractivity contribution < 1.29 is 12.8 Å². The Kier molecular flexibility index (Phi) is 3.78. The summed E-state index contributed by atoms with van der Waals surface area (Å²) in [5.41, 5.74) is 2.77. The highest BCUT2D eigenvalue weighted by Crippen LogP contribution is 2.40. The van der Waals surface area contributed by atoms with Gasteiger partial charge in [0, 0.05) is 30.1 Å². The number of hydrogen-bond acceptors (Lipinski definition) is 3. The zero-order valence-electron chi connectivity index (χ0n) is 12.5. The second-order valence-corrected chi connectivity index (χ2v) is 7.65. The first kappa shape index (κ1) is 15.2. The lowest BCUT2D eigenvalue weighted by atomic mass is 9.86. The zero-order chi connectivity index (χ0) is 15.9. The summed E-state index contributed by atoms with van der Waals surface area (Å²) in [5, 5.41) is 7.00. The number of sulfonamides is 1. The lowest BCUT2D eigenvalue weighted by molar-refractivity contribution is 0.277. The Morgan fingerprint density at radius 2 is 2.05 bits per heavy atom. The smallest absolute Gasteiger partial charge is 0.211 e. The molecule has 22 heavy (non-hydrogen) atoms. The number of aromatic amines is 1. The third-order valence-corrected chi connectivity index (χ3v) is 5.52. The van der Waals surface area contributed by atoms with Crippen molar-refractivity contribution in [2.24, 2.45) is 0 Å². The van der Waals surface area contributed by atoms with E-state index in [1.165, 1.54) is 22.7 Å². The van der Waals surface area contributed by atoms with Gasteiger partial charge in [-0.2, -0.15) is 9.40 Å². The number of aromatic nitrogens is 2. The molecule has 2 atom stereocenters. The largest absolute Gasteiger partial charge is 0.282 e. The van der Waals surface area contributed by atoms with Crippen LogP contribution in [0.5, 0.6) is 0 Å². The summed E-state index contributed by atoms with van der Waals surface area (Å²) >= 11 is 0. The van der Waals surface area contributed by atoms with Crippen molar-refractivity contribution in [3.8, 4) is 0 Å². The van der Waals surface area contributed by atoms with Gasteiger partial charge < -0.3 is 0 Å². The number of halogens is 1. The highest BCUT2D eigenvalue weighted by Gasteiger charge is 2.38. The minimum Gasteiger partial charge on any atom is -0.282 e. The van der Waals surface area contributed by atoms with E-state index in [-0.39, 0.29) is 17.8 Å². The van der Waals surface area contributed by atoms with Crippen LogP contribution in [0.1, 0.15) is 35.7 Å². The zero-order valence-corrected chi connectivity index (χ0v) is 13.3. The molecule has 7 heteroatoms. The normalized spacial score (nSPS) is 20.6. The van der Waals surface area contributed by atoms with Crippen molar-refractivity contribution in [2.45, 2.75) is 25.3 Å². The fourth-order valence-electron chi connectivity index (χ4n) is 3.13. The highest BCUT2D eigenvalue weighted by molar-refractivity contribution is 7.88. The van der Waals surface area contributed by atoms with Gasteiger partial charge in [-0.3, -0.25) is 5.10 Å². The predicted molar refractivity (Wildman–Crippen MR) is 81.4 cm³/mol. The maximum Gasteiger partial charge on any atom is 0.211 e. The average molecular weight is 323 g/mol. The first-order valence-electron chi connectivity index (χ1n) is 7.12. The number of rotatable bonds is 3. The molecule has 0 aliphatic carbocycles. The van der Waals surface area contributed by atoms with Crippen molar-refractivity contribution in [3.05, 3.63) is 53.1 Å². The second-order valence-electron chi connectivity index (χ2n) is 5.71. The summed E-state index contributed by atoms with van der Waals surface area (Å²) in [6.45, 7) is 2.38. The van der Waals surface area contributed by atoms with Gasteiger partial charge in [-0.05, 0) is 17.7 Å². The minimum absolute atomic E-state index is 0.105. The van der Waals surface area contributed by atoms with Crippen LogP contribution in [0.25, 0.3) is 0 Å². The van der Waals surface area contributed by atoms with Crippen molar-refractivity contribution >= 4 is 10.0 Å². The number of H-pyrrole nitrogens is 1. The van der Waals surface area contributed by atoms with Crippen LogP contribution >= 0.6 is 0 Å². The number of nitrogens with zero attached hydrogens (tertiary/aromatic N) is 2. The monoisotopic (exact) mass is 323 g/mol. The van der Waals surface area contributed by atoms with Gasteiger partial charge >= 0.3 is 0 Å². The molecule has 1 aromatic carbocycles. The third-order valence-electron chi connectivity index (χ3n) is 4.26. The molecule has 2 aromatic rings. The van der Waals surface area contributed by atoms with Crippen molar-refractivity contribution in [3.63, 3.8) is 0 Å². The Labute approximate surface area is 129 Å². The molecule has 3 rings (SSSR count). The van der Waals surface area contributed by atoms with E-state index in [1.807, 2.05) is 6.92 Å². The van der Waals surface area contributed by atoms with E-state index < -0.39 is 10.0 Å². The Bertz CT molecular complexity index is 770. The molecule has 1 unspecified atom stereocenters. The van der Waals surface area contributed by atoms with Gasteiger partial charge in [0.15, 0.2) is 0 Å². The van der Waals surface area contributed by atoms with Crippen LogP contribution in [0.15, 0.2) is 30.5 Å². The molecule has 118 valence electrons. The third kappa shape index (κ3) is 2.66. The van der Waals surface area contributed by atoms with Crippen LogP contribution in [0, 0.1) is 5.82 Å². The molecule has 0 amide bonds. The summed E-state index contributed by atoms with van der Waals surface area (Å²) in [7, 11) is -3.34. The van der Waals surface area contributed by atoms with Crippen LogP contribution in [0.3, 0.4) is 0 Å². The van der Waals surface area contributed by atoms with Gasteiger partial charge in [0.05, 0.1) is 18.5 Å². The van der Waals surface area contributed by atoms with E-state index in [2.05, 4.69) is 10.2 Å². The molecule has 1 aliphatic heterocycles. The Balaban J connectivity index is 2.05. The first-order chi connectivity index (χ1) is 10.4.